The molecule has 0 radical (unpaired) electrons. The first-order valence-electron chi connectivity index (χ1n) is 15.4. The van der Waals surface area contributed by atoms with Crippen molar-refractivity contribution in [1.29, 1.82) is 0 Å². The van der Waals surface area contributed by atoms with Gasteiger partial charge in [-0.25, -0.2) is 4.39 Å². The second-order valence-corrected chi connectivity index (χ2v) is 15.2. The lowest BCUT2D eigenvalue weighted by atomic mass is 9.89. The lowest BCUT2D eigenvalue weighted by Crippen LogP contribution is -2.58. The molecule has 2 aromatic heterocycles. The molecule has 7 rings (SSSR count). The van der Waals surface area contributed by atoms with Crippen LogP contribution >= 0.6 is 18.9 Å². The molecule has 11 nitrogen and oxygen atoms in total. The van der Waals surface area contributed by atoms with Crippen molar-refractivity contribution in [3.05, 3.63) is 58.7 Å². The van der Waals surface area contributed by atoms with Crippen molar-refractivity contribution < 1.29 is 33.1 Å². The molecule has 4 aliphatic rings. The number of aromatic nitrogens is 1. The maximum absolute atomic E-state index is 14.2. The summed E-state index contributed by atoms with van der Waals surface area (Å²) in [5, 5.41) is 3.36. The van der Waals surface area contributed by atoms with Gasteiger partial charge >= 0.3 is 7.60 Å². The number of rotatable bonds is 7. The first-order valence-corrected chi connectivity index (χ1v) is 17.9. The highest BCUT2D eigenvalue weighted by molar-refractivity contribution is 7.51. The summed E-state index contributed by atoms with van der Waals surface area (Å²) in [5.41, 5.74) is 2.20. The third-order valence-corrected chi connectivity index (χ3v) is 11.7. The van der Waals surface area contributed by atoms with Gasteiger partial charge in [-0.3, -0.25) is 23.9 Å². The molecule has 3 aromatic rings. The monoisotopic (exact) mass is 655 g/mol. The van der Waals surface area contributed by atoms with E-state index in [2.05, 4.69) is 15.2 Å². The lowest BCUT2D eigenvalue weighted by molar-refractivity contribution is -0.148. The van der Waals surface area contributed by atoms with Gasteiger partial charge in [-0.1, -0.05) is 6.07 Å². The number of hydrogen-bond donors (Lipinski definition) is 3. The number of fused-ring (bicyclic) bond motifs is 2. The molecule has 0 spiro atoms. The van der Waals surface area contributed by atoms with Crippen molar-refractivity contribution >= 4 is 52.4 Å². The van der Waals surface area contributed by atoms with Crippen molar-refractivity contribution in [3.63, 3.8) is 0 Å². The Labute approximate surface area is 263 Å². The summed E-state index contributed by atoms with van der Waals surface area (Å²) in [5.74, 6) is -2.97. The molecule has 4 aliphatic heterocycles. The number of benzene rings is 1. The number of alkyl halides is 1. The molecular formula is C31H35FN5O6PS. The summed E-state index contributed by atoms with van der Waals surface area (Å²) in [6, 6.07) is 6.37. The Balaban J connectivity index is 1.02. The molecule has 238 valence electrons. The number of carbonyl (C=O) groups is 3. The van der Waals surface area contributed by atoms with Gasteiger partial charge in [0.25, 0.3) is 5.91 Å². The third-order valence-electron chi connectivity index (χ3n) is 9.67. The zero-order valence-corrected chi connectivity index (χ0v) is 26.3. The van der Waals surface area contributed by atoms with E-state index in [0.29, 0.717) is 40.9 Å². The van der Waals surface area contributed by atoms with Crippen LogP contribution in [0.5, 0.6) is 0 Å². The van der Waals surface area contributed by atoms with Crippen molar-refractivity contribution in [1.82, 2.24) is 20.1 Å². The van der Waals surface area contributed by atoms with E-state index in [1.54, 1.807) is 4.90 Å². The molecule has 3 amide bonds. The molecule has 4 fully saturated rings. The highest BCUT2D eigenvalue weighted by Gasteiger charge is 2.48. The topological polar surface area (TPSA) is 143 Å². The fourth-order valence-corrected chi connectivity index (χ4v) is 8.60. The van der Waals surface area contributed by atoms with Crippen molar-refractivity contribution in [2.45, 2.75) is 68.5 Å². The quantitative estimate of drug-likeness (QED) is 0.325. The third kappa shape index (κ3) is 5.64. The molecule has 1 aromatic carbocycles. The van der Waals surface area contributed by atoms with Crippen LogP contribution in [0.4, 0.5) is 10.1 Å². The molecule has 4 atom stereocenters. The molecule has 0 aliphatic carbocycles. The molecule has 0 saturated carbocycles. The molecule has 4 saturated heterocycles. The van der Waals surface area contributed by atoms with Gasteiger partial charge < -0.3 is 29.8 Å². The van der Waals surface area contributed by atoms with Crippen LogP contribution in [0.2, 0.25) is 0 Å². The Kier molecular flexibility index (Phi) is 7.92. The standard InChI is InChI=1S/C31H35FN5O6PS/c32-28(44(41,42)43)18-5-8-26-19(13-18)14-27(45-26)29(38)34-23-4-1-3-21-6-7-25(37(21)30(23)39)31(40)36-16-20(17-36)22-15-33-10-9-24(22)35-11-2-12-35/h5,8-10,13-15,20-21,23,25,28H,1-4,6-7,11-12,16-17H2,(H,34,38)(H2,41,42,43)/t21-,23-,25-,28-/m0/s1. The number of nitrogens with one attached hydrogen (secondary N) is 1. The average molecular weight is 656 g/mol. The van der Waals surface area contributed by atoms with Gasteiger partial charge in [0.15, 0.2) is 0 Å². The van der Waals surface area contributed by atoms with E-state index in [4.69, 9.17) is 0 Å². The van der Waals surface area contributed by atoms with Gasteiger partial charge in [-0.15, -0.1) is 11.3 Å². The molecule has 14 heteroatoms. The fraction of sp³-hybridized carbons (Fsp3) is 0.484. The first-order chi connectivity index (χ1) is 21.6. The second-order valence-electron chi connectivity index (χ2n) is 12.5. The predicted octanol–water partition coefficient (Wildman–Crippen LogP) is 3.92. The van der Waals surface area contributed by atoms with Crippen molar-refractivity contribution in [2.75, 3.05) is 31.1 Å². The highest BCUT2D eigenvalue weighted by atomic mass is 32.1. The Morgan fingerprint density at radius 1 is 1.07 bits per heavy atom. The molecule has 6 heterocycles. The van der Waals surface area contributed by atoms with Crippen LogP contribution in [0, 0.1) is 0 Å². The summed E-state index contributed by atoms with van der Waals surface area (Å²) >= 11 is 1.15. The van der Waals surface area contributed by atoms with Gasteiger partial charge in [-0.05, 0) is 73.7 Å². The number of amides is 3. The molecule has 45 heavy (non-hydrogen) atoms. The number of hydrogen-bond acceptors (Lipinski definition) is 7. The molecule has 0 bridgehead atoms. The number of anilines is 1. The van der Waals surface area contributed by atoms with Crippen LogP contribution in [-0.2, 0) is 14.2 Å². The van der Waals surface area contributed by atoms with E-state index in [1.165, 1.54) is 41.9 Å². The Bertz CT molecular complexity index is 1700. The molecule has 3 N–H and O–H groups in total. The van der Waals surface area contributed by atoms with E-state index < -0.39 is 31.5 Å². The smallest absolute Gasteiger partial charge is 0.363 e. The summed E-state index contributed by atoms with van der Waals surface area (Å²) in [6.45, 7) is 3.26. The van der Waals surface area contributed by atoms with Gasteiger partial charge in [0, 0.05) is 66.5 Å². The van der Waals surface area contributed by atoms with Crippen LogP contribution in [0.25, 0.3) is 10.1 Å². The number of nitrogens with zero attached hydrogens (tertiary/aromatic N) is 4. The van der Waals surface area contributed by atoms with E-state index in [-0.39, 0.29) is 29.3 Å². The van der Waals surface area contributed by atoms with Gasteiger partial charge in [-0.2, -0.15) is 0 Å². The molecular weight excluding hydrogens is 620 g/mol. The first kappa shape index (κ1) is 30.3. The molecule has 0 unspecified atom stereocenters. The van der Waals surface area contributed by atoms with E-state index in [0.717, 1.165) is 43.7 Å². The second kappa shape index (κ2) is 11.8. The highest BCUT2D eigenvalue weighted by Crippen LogP contribution is 2.53. The average Bonchev–Trinajstić information content (AvgIpc) is 3.55. The normalized spacial score (nSPS) is 24.6. The lowest BCUT2D eigenvalue weighted by Gasteiger charge is -2.44. The number of carbonyl (C=O) groups excluding carboxylic acids is 3. The zero-order chi connectivity index (χ0) is 31.5. The Morgan fingerprint density at radius 3 is 2.60 bits per heavy atom. The van der Waals surface area contributed by atoms with Crippen LogP contribution in [0.15, 0.2) is 42.7 Å². The summed E-state index contributed by atoms with van der Waals surface area (Å²) in [4.78, 5) is 69.9. The van der Waals surface area contributed by atoms with Gasteiger partial charge in [0.2, 0.25) is 17.7 Å². The maximum atomic E-state index is 14.2. The summed E-state index contributed by atoms with van der Waals surface area (Å²) in [6.07, 6.45) is 8.23. The zero-order valence-electron chi connectivity index (χ0n) is 24.5. The van der Waals surface area contributed by atoms with E-state index >= 15 is 0 Å². The van der Waals surface area contributed by atoms with Crippen LogP contribution in [0.1, 0.15) is 71.2 Å². The van der Waals surface area contributed by atoms with E-state index in [9.17, 15) is 33.1 Å². The fourth-order valence-electron chi connectivity index (χ4n) is 7.11. The minimum atomic E-state index is -4.97. The Hall–Kier alpha value is -3.38. The van der Waals surface area contributed by atoms with Gasteiger partial charge in [0.1, 0.15) is 12.1 Å². The largest absolute Gasteiger partial charge is 0.371 e. The maximum Gasteiger partial charge on any atom is 0.363 e. The van der Waals surface area contributed by atoms with E-state index in [1.807, 2.05) is 23.4 Å². The number of pyridine rings is 1. The summed E-state index contributed by atoms with van der Waals surface area (Å²) in [7, 11) is -4.97. The predicted molar refractivity (Wildman–Crippen MR) is 167 cm³/mol. The van der Waals surface area contributed by atoms with Crippen molar-refractivity contribution in [2.24, 2.45) is 0 Å². The number of likely N-dealkylation sites (tertiary alicyclic amines) is 1. The SMILES string of the molecule is O=C(N[C@H]1CCC[C@H]2CC[C@@H](C(=O)N3CC(c4cnccc4N4CCC4)C3)N2C1=O)c1cc2cc([C@@H](F)P(=O)(O)O)ccc2s1. The van der Waals surface area contributed by atoms with Crippen molar-refractivity contribution in [3.8, 4) is 0 Å². The van der Waals surface area contributed by atoms with Crippen LogP contribution in [0.3, 0.4) is 0 Å². The Morgan fingerprint density at radius 2 is 1.87 bits per heavy atom. The van der Waals surface area contributed by atoms with Gasteiger partial charge in [0.05, 0.1) is 4.88 Å². The van der Waals surface area contributed by atoms with Crippen LogP contribution < -0.4 is 10.2 Å². The minimum absolute atomic E-state index is 0.0350. The van der Waals surface area contributed by atoms with Crippen LogP contribution in [-0.4, -0.2) is 86.6 Å². The summed E-state index contributed by atoms with van der Waals surface area (Å²) < 4.78 is 26.3. The number of thiophene rings is 1. The minimum Gasteiger partial charge on any atom is -0.371 e. The number of halogens is 1.